The van der Waals surface area contributed by atoms with Crippen LogP contribution in [-0.2, 0) is 6.42 Å². The number of rotatable bonds is 4. The molecule has 2 heteroatoms. The monoisotopic (exact) mass is 220 g/mol. The lowest BCUT2D eigenvalue weighted by molar-refractivity contribution is -0.909. The fourth-order valence-electron chi connectivity index (χ4n) is 2.69. The first-order chi connectivity index (χ1) is 7.88. The smallest absolute Gasteiger partial charge is 0.0854 e. The van der Waals surface area contributed by atoms with Crippen LogP contribution in [0.5, 0.6) is 0 Å². The third-order valence-corrected chi connectivity index (χ3v) is 3.74. The molecule has 0 aromatic heterocycles. The van der Waals surface area contributed by atoms with E-state index in [0.29, 0.717) is 0 Å². The van der Waals surface area contributed by atoms with E-state index >= 15 is 0 Å². The van der Waals surface area contributed by atoms with E-state index in [2.05, 4.69) is 36.1 Å². The summed E-state index contributed by atoms with van der Waals surface area (Å²) < 4.78 is 0. The zero-order valence-electron chi connectivity index (χ0n) is 10.1. The maximum atomic E-state index is 4.05. The maximum absolute atomic E-state index is 4.05. The lowest BCUT2D eigenvalue weighted by Gasteiger charge is -2.28. The van der Waals surface area contributed by atoms with Gasteiger partial charge in [0.05, 0.1) is 32.1 Å². The van der Waals surface area contributed by atoms with Crippen molar-refractivity contribution in [3.05, 3.63) is 35.9 Å². The molecule has 16 heavy (non-hydrogen) atoms. The zero-order valence-corrected chi connectivity index (χ0v) is 10.1. The van der Waals surface area contributed by atoms with Crippen molar-refractivity contribution in [2.24, 2.45) is 5.92 Å². The first-order valence-electron chi connectivity index (χ1n) is 6.55. The average Bonchev–Trinajstić information content (AvgIpc) is 2.38. The molecule has 1 heterocycles. The van der Waals surface area contributed by atoms with Crippen molar-refractivity contribution in [1.29, 1.82) is 0 Å². The van der Waals surface area contributed by atoms with Crippen LogP contribution in [0.25, 0.3) is 0 Å². The van der Waals surface area contributed by atoms with E-state index in [9.17, 15) is 0 Å². The van der Waals surface area contributed by atoms with Gasteiger partial charge in [-0.3, -0.25) is 0 Å². The molecule has 0 amide bonds. The van der Waals surface area contributed by atoms with Crippen LogP contribution in [0.2, 0.25) is 0 Å². The van der Waals surface area contributed by atoms with E-state index in [-0.39, 0.29) is 0 Å². The summed E-state index contributed by atoms with van der Waals surface area (Å²) in [5, 5.41) is 0. The number of likely N-dealkylation sites (tertiary alicyclic amines) is 1. The minimum absolute atomic E-state index is 0.875. The third kappa shape index (κ3) is 3.32. The predicted octanol–water partition coefficient (Wildman–Crippen LogP) is -0.234. The molecule has 1 unspecified atom stereocenters. The molecular weight excluding hydrogens is 196 g/mol. The fraction of sp³-hybridized carbons (Fsp3) is 0.571. The number of nitrogens with one attached hydrogen (secondary N) is 1. The van der Waals surface area contributed by atoms with Gasteiger partial charge in [0.1, 0.15) is 0 Å². The molecule has 4 N–H and O–H groups in total. The fourth-order valence-corrected chi connectivity index (χ4v) is 2.69. The van der Waals surface area contributed by atoms with E-state index in [0.717, 1.165) is 12.5 Å². The van der Waals surface area contributed by atoms with Crippen LogP contribution < -0.4 is 10.6 Å². The van der Waals surface area contributed by atoms with Crippen LogP contribution in [0.15, 0.2) is 30.3 Å². The molecule has 0 spiro atoms. The Hall–Kier alpha value is -0.860. The summed E-state index contributed by atoms with van der Waals surface area (Å²) >= 11 is 0. The van der Waals surface area contributed by atoms with Crippen molar-refractivity contribution in [3.8, 4) is 0 Å². The Kier molecular flexibility index (Phi) is 4.37. The molecule has 1 aromatic carbocycles. The molecule has 0 radical (unpaired) electrons. The van der Waals surface area contributed by atoms with Crippen LogP contribution >= 0.6 is 0 Å². The third-order valence-electron chi connectivity index (χ3n) is 3.74. The summed E-state index contributed by atoms with van der Waals surface area (Å²) in [6.45, 7) is 5.12. The maximum Gasteiger partial charge on any atom is 0.0854 e. The van der Waals surface area contributed by atoms with Gasteiger partial charge < -0.3 is 10.6 Å². The largest absolute Gasteiger partial charge is 0.357 e. The molecule has 0 saturated carbocycles. The van der Waals surface area contributed by atoms with Crippen molar-refractivity contribution in [2.75, 3.05) is 26.2 Å². The number of piperidine rings is 1. The summed E-state index contributed by atoms with van der Waals surface area (Å²) in [4.78, 5) is 1.78. The Bertz CT molecular complexity index is 297. The average molecular weight is 220 g/mol. The van der Waals surface area contributed by atoms with E-state index in [1.54, 1.807) is 4.90 Å². The molecule has 1 aromatic rings. The molecule has 1 aliphatic rings. The number of quaternary nitrogens is 2. The summed E-state index contributed by atoms with van der Waals surface area (Å²) in [6, 6.07) is 10.8. The van der Waals surface area contributed by atoms with Crippen molar-refractivity contribution in [1.82, 2.24) is 0 Å². The molecule has 0 aliphatic carbocycles. The first kappa shape index (κ1) is 11.6. The van der Waals surface area contributed by atoms with Gasteiger partial charge in [-0.15, -0.1) is 0 Å². The summed E-state index contributed by atoms with van der Waals surface area (Å²) in [5.41, 5.74) is 5.53. The Morgan fingerprint density at radius 2 is 2.06 bits per heavy atom. The van der Waals surface area contributed by atoms with E-state index in [1.165, 1.54) is 44.5 Å². The quantitative estimate of drug-likeness (QED) is 0.702. The van der Waals surface area contributed by atoms with Crippen LogP contribution in [-0.4, -0.2) is 26.2 Å². The summed E-state index contributed by atoms with van der Waals surface area (Å²) in [5.74, 6) is 0.875. The normalized spacial score (nSPS) is 25.6. The molecule has 2 atom stereocenters. The van der Waals surface area contributed by atoms with Gasteiger partial charge in [0.15, 0.2) is 0 Å². The molecule has 1 saturated heterocycles. The Morgan fingerprint density at radius 1 is 1.25 bits per heavy atom. The van der Waals surface area contributed by atoms with Gasteiger partial charge in [-0.25, -0.2) is 0 Å². The lowest BCUT2D eigenvalue weighted by atomic mass is 9.98. The van der Waals surface area contributed by atoms with Crippen molar-refractivity contribution in [2.45, 2.75) is 19.3 Å². The molecule has 88 valence electrons. The van der Waals surface area contributed by atoms with Crippen molar-refractivity contribution < 1.29 is 10.6 Å². The highest BCUT2D eigenvalue weighted by Gasteiger charge is 2.22. The van der Waals surface area contributed by atoms with Crippen LogP contribution in [0, 0.1) is 5.92 Å². The van der Waals surface area contributed by atoms with Crippen LogP contribution in [0.3, 0.4) is 0 Å². The SMILES string of the molecule is [NH3+]C[C@@H]1CCC[NH+](CCc2ccccc2)C1. The first-order valence-corrected chi connectivity index (χ1v) is 6.55. The second kappa shape index (κ2) is 6.02. The summed E-state index contributed by atoms with van der Waals surface area (Å²) in [7, 11) is 0. The highest BCUT2D eigenvalue weighted by Crippen LogP contribution is 2.04. The van der Waals surface area contributed by atoms with Gasteiger partial charge in [0.2, 0.25) is 0 Å². The van der Waals surface area contributed by atoms with E-state index in [1.807, 2.05) is 0 Å². The topological polar surface area (TPSA) is 32.1 Å². The van der Waals surface area contributed by atoms with E-state index < -0.39 is 0 Å². The van der Waals surface area contributed by atoms with E-state index in [4.69, 9.17) is 0 Å². The standard InChI is InChI=1S/C14H22N2/c15-11-14-7-4-9-16(12-14)10-8-13-5-2-1-3-6-13/h1-3,5-6,14H,4,7-12,15H2/p+2/t14-/m0/s1. The number of benzene rings is 1. The van der Waals surface area contributed by atoms with Gasteiger partial charge in [-0.2, -0.15) is 0 Å². The molecule has 1 aliphatic heterocycles. The van der Waals surface area contributed by atoms with Gasteiger partial charge >= 0.3 is 0 Å². The molecule has 0 bridgehead atoms. The highest BCUT2D eigenvalue weighted by atomic mass is 15.1. The molecule has 1 fully saturated rings. The van der Waals surface area contributed by atoms with Gasteiger partial charge in [-0.05, 0) is 18.4 Å². The highest BCUT2D eigenvalue weighted by molar-refractivity contribution is 5.14. The van der Waals surface area contributed by atoms with Crippen LogP contribution in [0.4, 0.5) is 0 Å². The second-order valence-electron chi connectivity index (χ2n) is 4.99. The predicted molar refractivity (Wildman–Crippen MR) is 66.2 cm³/mol. The zero-order chi connectivity index (χ0) is 11.2. The Morgan fingerprint density at radius 3 is 2.81 bits per heavy atom. The molecule has 2 rings (SSSR count). The molecular formula is C14H24N2+2. The summed E-state index contributed by atoms with van der Waals surface area (Å²) in [6.07, 6.45) is 4.02. The molecule has 2 nitrogen and oxygen atoms in total. The van der Waals surface area contributed by atoms with Gasteiger partial charge in [-0.1, -0.05) is 30.3 Å². The number of hydrogen-bond acceptors (Lipinski definition) is 0. The van der Waals surface area contributed by atoms with Crippen molar-refractivity contribution in [3.63, 3.8) is 0 Å². The minimum Gasteiger partial charge on any atom is -0.357 e. The van der Waals surface area contributed by atoms with Gasteiger partial charge in [0.25, 0.3) is 0 Å². The lowest BCUT2D eigenvalue weighted by Crippen LogP contribution is -3.14. The Balaban J connectivity index is 1.77. The van der Waals surface area contributed by atoms with Crippen LogP contribution in [0.1, 0.15) is 18.4 Å². The minimum atomic E-state index is 0.875. The Labute approximate surface area is 98.4 Å². The number of hydrogen-bond donors (Lipinski definition) is 2. The second-order valence-corrected chi connectivity index (χ2v) is 4.99. The van der Waals surface area contributed by atoms with Gasteiger partial charge in [0, 0.05) is 6.42 Å². The van der Waals surface area contributed by atoms with Crippen molar-refractivity contribution >= 4 is 0 Å².